The summed E-state index contributed by atoms with van der Waals surface area (Å²) in [7, 11) is 0. The number of hydrogen-bond acceptors (Lipinski definition) is 3. The molecular weight excluding hydrogens is 390 g/mol. The maximum atomic E-state index is 11.4. The van der Waals surface area contributed by atoms with E-state index in [1.807, 2.05) is 59.2 Å². The molecular formula is C26H27NO4. The molecule has 0 bridgehead atoms. The third-order valence-corrected chi connectivity index (χ3v) is 5.39. The first-order valence-corrected chi connectivity index (χ1v) is 10.6. The Hall–Kier alpha value is -3.47. The van der Waals surface area contributed by atoms with E-state index in [9.17, 15) is 9.90 Å². The monoisotopic (exact) mass is 417 g/mol. The van der Waals surface area contributed by atoms with Crippen molar-refractivity contribution in [2.75, 3.05) is 13.2 Å². The lowest BCUT2D eigenvalue weighted by molar-refractivity contribution is -0.137. The Bertz CT molecular complexity index is 1210. The first-order valence-electron chi connectivity index (χ1n) is 10.6. The highest BCUT2D eigenvalue weighted by atomic mass is 16.5. The molecule has 0 amide bonds. The molecule has 1 heterocycles. The third kappa shape index (κ3) is 4.66. The van der Waals surface area contributed by atoms with Crippen LogP contribution in [0.2, 0.25) is 0 Å². The Morgan fingerprint density at radius 1 is 0.871 bits per heavy atom. The number of aromatic nitrogens is 1. The van der Waals surface area contributed by atoms with Crippen LogP contribution in [0.3, 0.4) is 0 Å². The van der Waals surface area contributed by atoms with Crippen molar-refractivity contribution >= 4 is 27.8 Å². The summed E-state index contributed by atoms with van der Waals surface area (Å²) in [5.41, 5.74) is 3.04. The molecule has 0 saturated carbocycles. The van der Waals surface area contributed by atoms with Crippen molar-refractivity contribution in [3.8, 4) is 11.5 Å². The fourth-order valence-electron chi connectivity index (χ4n) is 3.83. The van der Waals surface area contributed by atoms with E-state index < -0.39 is 5.97 Å². The average molecular weight is 418 g/mol. The van der Waals surface area contributed by atoms with Gasteiger partial charge < -0.3 is 19.1 Å². The van der Waals surface area contributed by atoms with Gasteiger partial charge in [0.25, 0.3) is 0 Å². The molecule has 0 fully saturated rings. The number of rotatable bonds is 9. The van der Waals surface area contributed by atoms with E-state index in [0.29, 0.717) is 19.1 Å². The lowest BCUT2D eigenvalue weighted by atomic mass is 10.0. The highest BCUT2D eigenvalue weighted by Gasteiger charge is 2.13. The molecule has 0 saturated heterocycles. The molecule has 0 aliphatic heterocycles. The van der Waals surface area contributed by atoms with E-state index >= 15 is 0 Å². The van der Waals surface area contributed by atoms with Gasteiger partial charge in [-0.05, 0) is 41.8 Å². The van der Waals surface area contributed by atoms with Crippen LogP contribution in [0, 0.1) is 0 Å². The Balaban J connectivity index is 1.42. The highest BCUT2D eigenvalue weighted by molar-refractivity contribution is 6.08. The molecule has 3 aromatic carbocycles. The minimum Gasteiger partial charge on any atom is -0.493 e. The topological polar surface area (TPSA) is 60.7 Å². The molecule has 160 valence electrons. The maximum absolute atomic E-state index is 11.4. The Morgan fingerprint density at radius 3 is 2.32 bits per heavy atom. The van der Waals surface area contributed by atoms with Gasteiger partial charge in [-0.1, -0.05) is 44.2 Å². The SMILES string of the molecule is CC(C)c1cccc(OCCCOc2ccc3c4ccccc4n(CC(=O)O)c3c2)c1. The lowest BCUT2D eigenvalue weighted by Crippen LogP contribution is -2.08. The zero-order valence-corrected chi connectivity index (χ0v) is 17.9. The van der Waals surface area contributed by atoms with E-state index in [1.165, 1.54) is 5.56 Å². The normalized spacial score (nSPS) is 11.3. The lowest BCUT2D eigenvalue weighted by Gasteiger charge is -2.11. The molecule has 4 aromatic rings. The fraction of sp³-hybridized carbons (Fsp3) is 0.269. The van der Waals surface area contributed by atoms with Crippen molar-refractivity contribution in [1.82, 2.24) is 4.57 Å². The minimum atomic E-state index is -0.868. The van der Waals surface area contributed by atoms with Gasteiger partial charge in [0.05, 0.1) is 18.7 Å². The standard InChI is InChI=1S/C26H27NO4/c1-18(2)19-7-5-8-20(15-19)30-13-6-14-31-21-11-12-23-22-9-3-4-10-24(22)27(17-26(28)29)25(23)16-21/h3-5,7-12,15-16,18H,6,13-14,17H2,1-2H3,(H,28,29). The van der Waals surface area contributed by atoms with Gasteiger partial charge in [0.1, 0.15) is 18.0 Å². The number of fused-ring (bicyclic) bond motifs is 3. The molecule has 4 rings (SSSR count). The number of ether oxygens (including phenoxy) is 2. The number of aliphatic carboxylic acids is 1. The molecule has 1 aromatic heterocycles. The van der Waals surface area contributed by atoms with E-state index in [-0.39, 0.29) is 6.54 Å². The summed E-state index contributed by atoms with van der Waals surface area (Å²) < 4.78 is 13.6. The predicted octanol–water partition coefficient (Wildman–Crippen LogP) is 5.85. The molecule has 0 unspecified atom stereocenters. The van der Waals surface area contributed by atoms with Gasteiger partial charge in [-0.2, -0.15) is 0 Å². The summed E-state index contributed by atoms with van der Waals surface area (Å²) in [5, 5.41) is 11.4. The Kier molecular flexibility index (Phi) is 6.12. The summed E-state index contributed by atoms with van der Waals surface area (Å²) in [6.07, 6.45) is 0.752. The predicted molar refractivity (Wildman–Crippen MR) is 123 cm³/mol. The van der Waals surface area contributed by atoms with Gasteiger partial charge in [-0.15, -0.1) is 0 Å². The zero-order valence-electron chi connectivity index (χ0n) is 17.9. The van der Waals surface area contributed by atoms with Crippen LogP contribution in [0.1, 0.15) is 31.7 Å². The molecule has 0 aliphatic rings. The van der Waals surface area contributed by atoms with Crippen LogP contribution in [0.4, 0.5) is 0 Å². The number of benzene rings is 3. The van der Waals surface area contributed by atoms with E-state index in [0.717, 1.165) is 39.7 Å². The van der Waals surface area contributed by atoms with Crippen molar-refractivity contribution in [3.05, 3.63) is 72.3 Å². The second kappa shape index (κ2) is 9.13. The van der Waals surface area contributed by atoms with Gasteiger partial charge in [0.2, 0.25) is 0 Å². The van der Waals surface area contributed by atoms with Gasteiger partial charge in [0.15, 0.2) is 0 Å². The van der Waals surface area contributed by atoms with Crippen molar-refractivity contribution in [2.45, 2.75) is 32.7 Å². The minimum absolute atomic E-state index is 0.0866. The van der Waals surface area contributed by atoms with Crippen LogP contribution in [0.15, 0.2) is 66.7 Å². The van der Waals surface area contributed by atoms with Crippen LogP contribution in [-0.4, -0.2) is 28.9 Å². The third-order valence-electron chi connectivity index (χ3n) is 5.39. The second-order valence-electron chi connectivity index (χ2n) is 7.95. The molecule has 0 atom stereocenters. The average Bonchev–Trinajstić information content (AvgIpc) is 3.06. The highest BCUT2D eigenvalue weighted by Crippen LogP contribution is 2.31. The van der Waals surface area contributed by atoms with Gasteiger partial charge in [-0.3, -0.25) is 4.79 Å². The van der Waals surface area contributed by atoms with Crippen LogP contribution >= 0.6 is 0 Å². The quantitative estimate of drug-likeness (QED) is 0.347. The second-order valence-corrected chi connectivity index (χ2v) is 7.95. The molecule has 31 heavy (non-hydrogen) atoms. The number of carbonyl (C=O) groups is 1. The molecule has 0 radical (unpaired) electrons. The van der Waals surface area contributed by atoms with Gasteiger partial charge in [0, 0.05) is 28.8 Å². The number of carboxylic acids is 1. The van der Waals surface area contributed by atoms with Crippen LogP contribution in [0.25, 0.3) is 21.8 Å². The van der Waals surface area contributed by atoms with Crippen molar-refractivity contribution in [1.29, 1.82) is 0 Å². The van der Waals surface area contributed by atoms with E-state index in [2.05, 4.69) is 26.0 Å². The number of para-hydroxylation sites is 1. The van der Waals surface area contributed by atoms with Gasteiger partial charge in [-0.25, -0.2) is 0 Å². The number of hydrogen-bond donors (Lipinski definition) is 1. The zero-order chi connectivity index (χ0) is 21.8. The molecule has 5 nitrogen and oxygen atoms in total. The van der Waals surface area contributed by atoms with Crippen LogP contribution in [-0.2, 0) is 11.3 Å². The smallest absolute Gasteiger partial charge is 0.323 e. The summed E-state index contributed by atoms with van der Waals surface area (Å²) in [6.45, 7) is 5.34. The summed E-state index contributed by atoms with van der Waals surface area (Å²) in [4.78, 5) is 11.4. The van der Waals surface area contributed by atoms with Crippen LogP contribution in [0.5, 0.6) is 11.5 Å². The Labute approximate surface area is 181 Å². The van der Waals surface area contributed by atoms with E-state index in [1.54, 1.807) is 0 Å². The Morgan fingerprint density at radius 2 is 1.58 bits per heavy atom. The molecule has 0 spiro atoms. The van der Waals surface area contributed by atoms with Crippen molar-refractivity contribution < 1.29 is 19.4 Å². The van der Waals surface area contributed by atoms with Crippen LogP contribution < -0.4 is 9.47 Å². The fourth-order valence-corrected chi connectivity index (χ4v) is 3.83. The number of carboxylic acid groups (broad SMARTS) is 1. The van der Waals surface area contributed by atoms with Gasteiger partial charge >= 0.3 is 5.97 Å². The largest absolute Gasteiger partial charge is 0.493 e. The van der Waals surface area contributed by atoms with E-state index in [4.69, 9.17) is 9.47 Å². The maximum Gasteiger partial charge on any atom is 0.323 e. The summed E-state index contributed by atoms with van der Waals surface area (Å²) in [6, 6.07) is 21.9. The molecule has 1 N–H and O–H groups in total. The molecule has 5 heteroatoms. The summed E-state index contributed by atoms with van der Waals surface area (Å²) >= 11 is 0. The molecule has 0 aliphatic carbocycles. The summed E-state index contributed by atoms with van der Waals surface area (Å²) in [5.74, 6) is 1.21. The van der Waals surface area contributed by atoms with Crippen molar-refractivity contribution in [3.63, 3.8) is 0 Å². The van der Waals surface area contributed by atoms with Crippen molar-refractivity contribution in [2.24, 2.45) is 0 Å². The first-order chi connectivity index (χ1) is 15.0. The number of nitrogens with zero attached hydrogens (tertiary/aromatic N) is 1. The first kappa shape index (κ1) is 20.8.